The van der Waals surface area contributed by atoms with Crippen LogP contribution < -0.4 is 10.2 Å². The van der Waals surface area contributed by atoms with Crippen LogP contribution in [-0.4, -0.2) is 44.1 Å². The average Bonchev–Trinajstić information content (AvgIpc) is 3.59. The number of aliphatic hydroxyl groups is 1. The predicted molar refractivity (Wildman–Crippen MR) is 189 cm³/mol. The van der Waals surface area contributed by atoms with Crippen LogP contribution in [0.2, 0.25) is 0 Å². The largest absolute Gasteiger partial charge is 0.390 e. The second-order valence-electron chi connectivity index (χ2n) is 14.7. The topological polar surface area (TPSA) is 75.3 Å². The maximum absolute atomic E-state index is 13.7. The van der Waals surface area contributed by atoms with Gasteiger partial charge in [0.15, 0.2) is 0 Å². The molecular formula is C39H46FN5O2. The first-order valence-corrected chi connectivity index (χ1v) is 16.6. The van der Waals surface area contributed by atoms with Crippen LogP contribution in [0.3, 0.4) is 0 Å². The van der Waals surface area contributed by atoms with E-state index in [1.807, 2.05) is 45.4 Å². The lowest BCUT2D eigenvalue weighted by Crippen LogP contribution is -2.35. The van der Waals surface area contributed by atoms with Crippen molar-refractivity contribution in [2.75, 3.05) is 23.3 Å². The second-order valence-corrected chi connectivity index (χ2v) is 14.7. The number of aryl methyl sites for hydroxylation is 1. The lowest BCUT2D eigenvalue weighted by molar-refractivity contribution is 0.0810. The van der Waals surface area contributed by atoms with E-state index >= 15 is 0 Å². The van der Waals surface area contributed by atoms with Crippen LogP contribution in [0.5, 0.6) is 0 Å². The number of carbonyl (C=O) groups excluding carboxylic acids is 1. The molecule has 0 bridgehead atoms. The number of nitrogens with one attached hydrogen (secondary N) is 1. The number of benzene rings is 3. The van der Waals surface area contributed by atoms with Gasteiger partial charge < -0.3 is 19.9 Å². The first-order valence-electron chi connectivity index (χ1n) is 16.6. The highest BCUT2D eigenvalue weighted by Crippen LogP contribution is 2.32. The number of amides is 1. The summed E-state index contributed by atoms with van der Waals surface area (Å²) in [6.07, 6.45) is 6.67. The van der Waals surface area contributed by atoms with Gasteiger partial charge in [-0.3, -0.25) is 9.48 Å². The summed E-state index contributed by atoms with van der Waals surface area (Å²) in [5.41, 5.74) is 6.17. The van der Waals surface area contributed by atoms with E-state index in [0.717, 1.165) is 54.8 Å². The van der Waals surface area contributed by atoms with Crippen molar-refractivity contribution in [3.63, 3.8) is 0 Å². The number of rotatable bonds is 8. The molecule has 1 aliphatic rings. The predicted octanol–water partition coefficient (Wildman–Crippen LogP) is 8.19. The maximum Gasteiger partial charge on any atom is 0.259 e. The molecule has 1 saturated heterocycles. The number of nitrogens with zero attached hydrogens (tertiary/aromatic N) is 4. The van der Waals surface area contributed by atoms with Gasteiger partial charge in [0.2, 0.25) is 0 Å². The van der Waals surface area contributed by atoms with E-state index in [4.69, 9.17) is 0 Å². The molecule has 2 aromatic heterocycles. The fraction of sp³-hybridized carbons (Fsp3) is 0.385. The van der Waals surface area contributed by atoms with E-state index < -0.39 is 5.60 Å². The number of hydrogen-bond acceptors (Lipinski definition) is 4. The summed E-state index contributed by atoms with van der Waals surface area (Å²) in [7, 11) is 0. The van der Waals surface area contributed by atoms with Gasteiger partial charge >= 0.3 is 0 Å². The number of halogens is 1. The van der Waals surface area contributed by atoms with Gasteiger partial charge in [-0.15, -0.1) is 0 Å². The molecule has 3 aromatic carbocycles. The normalized spacial score (nSPS) is 14.6. The van der Waals surface area contributed by atoms with Crippen molar-refractivity contribution in [1.29, 1.82) is 0 Å². The maximum atomic E-state index is 13.7. The molecule has 246 valence electrons. The summed E-state index contributed by atoms with van der Waals surface area (Å²) < 4.78 is 17.9. The van der Waals surface area contributed by atoms with Gasteiger partial charge in [0.05, 0.1) is 34.1 Å². The molecule has 1 aliphatic heterocycles. The molecule has 7 nitrogen and oxygen atoms in total. The Morgan fingerprint density at radius 1 is 0.979 bits per heavy atom. The van der Waals surface area contributed by atoms with E-state index in [-0.39, 0.29) is 17.3 Å². The molecule has 0 unspecified atom stereocenters. The molecule has 0 aliphatic carbocycles. The molecular weight excluding hydrogens is 589 g/mol. The van der Waals surface area contributed by atoms with Gasteiger partial charge in [-0.2, -0.15) is 5.10 Å². The van der Waals surface area contributed by atoms with Crippen LogP contribution in [0.4, 0.5) is 15.8 Å². The summed E-state index contributed by atoms with van der Waals surface area (Å²) in [5.74, 6) is -0.0301. The molecule has 3 heterocycles. The molecule has 0 saturated carbocycles. The van der Waals surface area contributed by atoms with Gasteiger partial charge in [-0.25, -0.2) is 4.39 Å². The minimum Gasteiger partial charge on any atom is -0.390 e. The first kappa shape index (κ1) is 32.5. The van der Waals surface area contributed by atoms with Crippen LogP contribution in [0.15, 0.2) is 79.1 Å². The Kier molecular flexibility index (Phi) is 8.74. The van der Waals surface area contributed by atoms with E-state index in [9.17, 15) is 14.3 Å². The Morgan fingerprint density at radius 3 is 2.30 bits per heavy atom. The summed E-state index contributed by atoms with van der Waals surface area (Å²) in [6.45, 7) is 14.8. The molecule has 1 fully saturated rings. The van der Waals surface area contributed by atoms with Crippen molar-refractivity contribution in [3.8, 4) is 11.3 Å². The molecule has 1 amide bonds. The van der Waals surface area contributed by atoms with E-state index in [1.165, 1.54) is 28.8 Å². The van der Waals surface area contributed by atoms with Crippen LogP contribution in [0, 0.1) is 18.7 Å². The molecule has 6 rings (SSSR count). The quantitative estimate of drug-likeness (QED) is 0.180. The van der Waals surface area contributed by atoms with Crippen LogP contribution in [-0.2, 0) is 18.5 Å². The minimum atomic E-state index is -0.710. The van der Waals surface area contributed by atoms with Gasteiger partial charge in [0.25, 0.3) is 5.91 Å². The number of piperidine rings is 1. The highest BCUT2D eigenvalue weighted by Gasteiger charge is 2.26. The van der Waals surface area contributed by atoms with Crippen molar-refractivity contribution in [2.45, 2.75) is 78.5 Å². The molecule has 0 spiro atoms. The third-order valence-corrected chi connectivity index (χ3v) is 9.11. The van der Waals surface area contributed by atoms with E-state index in [2.05, 4.69) is 69.4 Å². The molecule has 8 heteroatoms. The number of hydrogen-bond donors (Lipinski definition) is 2. The molecule has 47 heavy (non-hydrogen) atoms. The smallest absolute Gasteiger partial charge is 0.259 e. The molecule has 0 radical (unpaired) electrons. The zero-order chi connectivity index (χ0) is 33.5. The highest BCUT2D eigenvalue weighted by molar-refractivity contribution is 6.08. The van der Waals surface area contributed by atoms with Crippen LogP contribution in [0.25, 0.3) is 22.2 Å². The lowest BCUT2D eigenvalue weighted by Gasteiger charge is -2.34. The minimum absolute atomic E-state index is 0.255. The highest BCUT2D eigenvalue weighted by atomic mass is 19.1. The van der Waals surface area contributed by atoms with Crippen LogP contribution >= 0.6 is 0 Å². The summed E-state index contributed by atoms with van der Waals surface area (Å²) in [5, 5.41) is 19.0. The van der Waals surface area contributed by atoms with Crippen LogP contribution in [0.1, 0.15) is 68.9 Å². The fourth-order valence-corrected chi connectivity index (χ4v) is 6.79. The third-order valence-electron chi connectivity index (χ3n) is 9.11. The van der Waals surface area contributed by atoms with Gasteiger partial charge in [-0.1, -0.05) is 18.2 Å². The van der Waals surface area contributed by atoms with Crippen molar-refractivity contribution in [3.05, 3.63) is 102 Å². The van der Waals surface area contributed by atoms with E-state index in [0.29, 0.717) is 23.6 Å². The zero-order valence-electron chi connectivity index (χ0n) is 28.3. The van der Waals surface area contributed by atoms with Gasteiger partial charge in [0.1, 0.15) is 5.82 Å². The van der Waals surface area contributed by atoms with Gasteiger partial charge in [-0.05, 0) is 120 Å². The van der Waals surface area contributed by atoms with Gasteiger partial charge in [0, 0.05) is 54.6 Å². The van der Waals surface area contributed by atoms with Crippen molar-refractivity contribution in [1.82, 2.24) is 14.3 Å². The summed E-state index contributed by atoms with van der Waals surface area (Å²) in [6, 6.07) is 20.9. The number of fused-ring (bicyclic) bond motifs is 1. The Morgan fingerprint density at radius 2 is 1.66 bits per heavy atom. The third kappa shape index (κ3) is 7.28. The monoisotopic (exact) mass is 635 g/mol. The Balaban J connectivity index is 1.16. The molecule has 5 aromatic rings. The zero-order valence-corrected chi connectivity index (χ0v) is 28.3. The van der Waals surface area contributed by atoms with Crippen molar-refractivity contribution < 1.29 is 14.3 Å². The Hall–Kier alpha value is -4.43. The standard InChI is InChI=1S/C39H46FN5O2/c1-26-24-44(25-28-17-19-43(20-18-28)32-14-7-27(8-15-32)22-39(5,6)47)35-21-31(13-16-33(26)35)42-37(46)34-23-41-45(38(2,3)4)36(34)29-9-11-30(40)12-10-29/h7-16,21,23-24,28,47H,17-20,22,25H2,1-6H3,(H,42,46). The molecule has 0 atom stereocenters. The Bertz CT molecular complexity index is 1870. The molecule has 2 N–H and O–H groups in total. The number of anilines is 2. The van der Waals surface area contributed by atoms with Crippen molar-refractivity contribution >= 4 is 28.2 Å². The van der Waals surface area contributed by atoms with Crippen molar-refractivity contribution in [2.24, 2.45) is 5.92 Å². The SMILES string of the molecule is Cc1cn(CC2CCN(c3ccc(CC(C)(C)O)cc3)CC2)c2cc(NC(=O)c3cnn(C(C)(C)C)c3-c3ccc(F)cc3)ccc12. The summed E-state index contributed by atoms with van der Waals surface area (Å²) >= 11 is 0. The summed E-state index contributed by atoms with van der Waals surface area (Å²) in [4.78, 5) is 16.2. The first-order chi connectivity index (χ1) is 22.2. The second kappa shape index (κ2) is 12.6. The number of carbonyl (C=O) groups is 1. The Labute approximate surface area is 277 Å². The fourth-order valence-electron chi connectivity index (χ4n) is 6.79. The van der Waals surface area contributed by atoms with E-state index in [1.54, 1.807) is 18.3 Å². The average molecular weight is 636 g/mol. The lowest BCUT2D eigenvalue weighted by atomic mass is 9.95. The number of aromatic nitrogens is 3.